The summed E-state index contributed by atoms with van der Waals surface area (Å²) in [6, 6.07) is 30.0. The number of carbonyl (C=O) groups excluding carboxylic acids is 2. The van der Waals surface area contributed by atoms with E-state index in [4.69, 9.17) is 0 Å². The van der Waals surface area contributed by atoms with Crippen molar-refractivity contribution in [2.75, 3.05) is 10.6 Å². The molecule has 0 bridgehead atoms. The van der Waals surface area contributed by atoms with Crippen LogP contribution < -0.4 is 10.6 Å². The zero-order valence-corrected chi connectivity index (χ0v) is 23.5. The van der Waals surface area contributed by atoms with Crippen molar-refractivity contribution in [1.29, 1.82) is 0 Å². The third-order valence-electron chi connectivity index (χ3n) is 5.69. The Labute approximate surface area is 241 Å². The number of hydrogen-bond donors (Lipinski definition) is 2. The van der Waals surface area contributed by atoms with Crippen molar-refractivity contribution in [3.8, 4) is 11.3 Å². The first-order valence-corrected chi connectivity index (χ1v) is 14.4. The molecule has 0 saturated carbocycles. The molecule has 0 aliphatic carbocycles. The molecule has 5 nitrogen and oxygen atoms in total. The van der Waals surface area contributed by atoms with E-state index in [9.17, 15) is 14.0 Å². The quantitative estimate of drug-likeness (QED) is 0.171. The van der Waals surface area contributed by atoms with Crippen molar-refractivity contribution >= 4 is 61.7 Å². The maximum Gasteiger partial charge on any atom is 0.255 e. The number of anilines is 2. The van der Waals surface area contributed by atoms with Crippen molar-refractivity contribution in [1.82, 2.24) is 4.98 Å². The smallest absolute Gasteiger partial charge is 0.255 e. The van der Waals surface area contributed by atoms with E-state index in [1.54, 1.807) is 12.1 Å². The lowest BCUT2D eigenvalue weighted by molar-refractivity contribution is -0.115. The highest BCUT2D eigenvalue weighted by molar-refractivity contribution is 9.10. The first-order chi connectivity index (χ1) is 18.9. The van der Waals surface area contributed by atoms with E-state index in [0.29, 0.717) is 16.4 Å². The van der Waals surface area contributed by atoms with Crippen molar-refractivity contribution in [3.05, 3.63) is 130 Å². The average molecular weight is 619 g/mol. The average Bonchev–Trinajstić information content (AvgIpc) is 3.42. The molecule has 5 aromatic rings. The molecule has 0 aliphatic heterocycles. The predicted molar refractivity (Wildman–Crippen MR) is 160 cm³/mol. The van der Waals surface area contributed by atoms with Gasteiger partial charge in [-0.15, -0.1) is 23.1 Å². The minimum Gasteiger partial charge on any atom is -0.322 e. The fraction of sp³-hybridized carbons (Fsp3) is 0.0333. The molecule has 0 fully saturated rings. The van der Waals surface area contributed by atoms with Crippen LogP contribution in [0.1, 0.15) is 21.2 Å². The Bertz CT molecular complexity index is 1580. The van der Waals surface area contributed by atoms with Crippen molar-refractivity contribution in [3.63, 3.8) is 0 Å². The molecule has 0 radical (unpaired) electrons. The van der Waals surface area contributed by atoms with Gasteiger partial charge < -0.3 is 10.6 Å². The number of hydrogen-bond acceptors (Lipinski definition) is 5. The Kier molecular flexibility index (Phi) is 8.51. The summed E-state index contributed by atoms with van der Waals surface area (Å²) in [5.41, 5.74) is 3.58. The molecule has 5 rings (SSSR count). The second-order valence-corrected chi connectivity index (χ2v) is 11.4. The van der Waals surface area contributed by atoms with Crippen LogP contribution in [0, 0.1) is 5.82 Å². The number of thiazole rings is 1. The van der Waals surface area contributed by atoms with Gasteiger partial charge in [0.25, 0.3) is 5.91 Å². The maximum absolute atomic E-state index is 13.4. The van der Waals surface area contributed by atoms with Crippen molar-refractivity contribution in [2.45, 2.75) is 10.1 Å². The Morgan fingerprint density at radius 3 is 2.23 bits per heavy atom. The summed E-state index contributed by atoms with van der Waals surface area (Å²) >= 11 is 6.22. The Morgan fingerprint density at radius 2 is 1.54 bits per heavy atom. The molecule has 1 heterocycles. The van der Waals surface area contributed by atoms with E-state index < -0.39 is 11.1 Å². The lowest BCUT2D eigenvalue weighted by atomic mass is 10.1. The molecule has 0 aliphatic rings. The third kappa shape index (κ3) is 7.00. The van der Waals surface area contributed by atoms with Crippen LogP contribution in [-0.4, -0.2) is 16.8 Å². The standard InChI is InChI=1S/C30H21BrFN3O2S2/c31-22-10-6-19(7-11-22)26-18-38-30(34-26)35-29(37)27(20-4-2-1-3-5-20)39-25-16-14-24(15-17-25)33-28(36)21-8-12-23(32)13-9-21/h1-18,27H,(H,33,36)(H,34,35,37). The highest BCUT2D eigenvalue weighted by Crippen LogP contribution is 2.37. The molecular weight excluding hydrogens is 597 g/mol. The largest absolute Gasteiger partial charge is 0.322 e. The number of carbonyl (C=O) groups is 2. The lowest BCUT2D eigenvalue weighted by Gasteiger charge is -2.16. The van der Waals surface area contributed by atoms with E-state index >= 15 is 0 Å². The van der Waals surface area contributed by atoms with Gasteiger partial charge in [-0.25, -0.2) is 9.37 Å². The predicted octanol–water partition coefficient (Wildman–Crippen LogP) is 8.44. The molecule has 0 spiro atoms. The van der Waals surface area contributed by atoms with Crippen LogP contribution in [0.4, 0.5) is 15.2 Å². The van der Waals surface area contributed by atoms with Gasteiger partial charge in [0.05, 0.1) is 5.69 Å². The highest BCUT2D eigenvalue weighted by atomic mass is 79.9. The summed E-state index contributed by atoms with van der Waals surface area (Å²) in [5.74, 6) is -0.913. The van der Waals surface area contributed by atoms with Crippen LogP contribution in [0.5, 0.6) is 0 Å². The first kappa shape index (κ1) is 26.8. The second-order valence-electron chi connectivity index (χ2n) is 8.43. The Balaban J connectivity index is 1.29. The van der Waals surface area contributed by atoms with Crippen LogP contribution in [-0.2, 0) is 4.79 Å². The molecule has 194 valence electrons. The van der Waals surface area contributed by atoms with Crippen molar-refractivity contribution in [2.24, 2.45) is 0 Å². The Hall–Kier alpha value is -3.79. The first-order valence-electron chi connectivity index (χ1n) is 11.9. The summed E-state index contributed by atoms with van der Waals surface area (Å²) in [6.07, 6.45) is 0. The van der Waals surface area contributed by atoms with Gasteiger partial charge in [-0.2, -0.15) is 0 Å². The van der Waals surface area contributed by atoms with Gasteiger partial charge in [0.15, 0.2) is 5.13 Å². The van der Waals surface area contributed by atoms with Crippen LogP contribution >= 0.6 is 39.0 Å². The number of aromatic nitrogens is 1. The molecule has 1 unspecified atom stereocenters. The summed E-state index contributed by atoms with van der Waals surface area (Å²) < 4.78 is 14.1. The fourth-order valence-electron chi connectivity index (χ4n) is 3.71. The number of thioether (sulfide) groups is 1. The van der Waals surface area contributed by atoms with Gasteiger partial charge in [0.2, 0.25) is 5.91 Å². The maximum atomic E-state index is 13.4. The number of nitrogens with zero attached hydrogens (tertiary/aromatic N) is 1. The van der Waals surface area contributed by atoms with Gasteiger partial charge >= 0.3 is 0 Å². The van der Waals surface area contributed by atoms with Crippen LogP contribution in [0.2, 0.25) is 0 Å². The van der Waals surface area contributed by atoms with E-state index in [1.165, 1.54) is 47.4 Å². The summed E-state index contributed by atoms with van der Waals surface area (Å²) in [5, 5.41) is 7.70. The second kappa shape index (κ2) is 12.4. The number of nitrogens with one attached hydrogen (secondary N) is 2. The topological polar surface area (TPSA) is 71.1 Å². The van der Waals surface area contributed by atoms with Gasteiger partial charge in [-0.05, 0) is 66.2 Å². The summed E-state index contributed by atoms with van der Waals surface area (Å²) in [7, 11) is 0. The monoisotopic (exact) mass is 617 g/mol. The van der Waals surface area contributed by atoms with E-state index in [2.05, 4.69) is 31.5 Å². The van der Waals surface area contributed by atoms with E-state index in [0.717, 1.165) is 26.2 Å². The van der Waals surface area contributed by atoms with Gasteiger partial charge in [0, 0.05) is 31.6 Å². The molecule has 39 heavy (non-hydrogen) atoms. The van der Waals surface area contributed by atoms with Crippen LogP contribution in [0.3, 0.4) is 0 Å². The zero-order valence-electron chi connectivity index (χ0n) is 20.3. The van der Waals surface area contributed by atoms with Gasteiger partial charge in [0.1, 0.15) is 11.1 Å². The van der Waals surface area contributed by atoms with Gasteiger partial charge in [-0.3, -0.25) is 9.59 Å². The van der Waals surface area contributed by atoms with Crippen molar-refractivity contribution < 1.29 is 14.0 Å². The molecule has 9 heteroatoms. The highest BCUT2D eigenvalue weighted by Gasteiger charge is 2.23. The fourth-order valence-corrected chi connectivity index (χ4v) is 5.73. The number of benzene rings is 4. The molecule has 2 N–H and O–H groups in total. The van der Waals surface area contributed by atoms with E-state index in [1.807, 2.05) is 72.1 Å². The number of halogens is 2. The Morgan fingerprint density at radius 1 is 0.846 bits per heavy atom. The lowest BCUT2D eigenvalue weighted by Crippen LogP contribution is -2.19. The molecular formula is C30H21BrFN3O2S2. The molecule has 1 atom stereocenters. The van der Waals surface area contributed by atoms with Gasteiger partial charge in [-0.1, -0.05) is 58.4 Å². The number of amides is 2. The molecule has 1 aromatic heterocycles. The zero-order chi connectivity index (χ0) is 27.2. The molecule has 0 saturated heterocycles. The van der Waals surface area contributed by atoms with Crippen LogP contribution in [0.15, 0.2) is 118 Å². The molecule has 4 aromatic carbocycles. The van der Waals surface area contributed by atoms with Crippen LogP contribution in [0.25, 0.3) is 11.3 Å². The summed E-state index contributed by atoms with van der Waals surface area (Å²) in [4.78, 5) is 31.3. The third-order valence-corrected chi connectivity index (χ3v) is 8.24. The SMILES string of the molecule is O=C(Nc1ccc(SC(C(=O)Nc2nc(-c3ccc(Br)cc3)cs2)c2ccccc2)cc1)c1ccc(F)cc1. The minimum atomic E-state index is -0.522. The molecule has 2 amide bonds. The summed E-state index contributed by atoms with van der Waals surface area (Å²) in [6.45, 7) is 0. The normalized spacial score (nSPS) is 11.5. The number of rotatable bonds is 8. The minimum absolute atomic E-state index is 0.184. The van der Waals surface area contributed by atoms with E-state index in [-0.39, 0.29) is 11.8 Å².